The van der Waals surface area contributed by atoms with Crippen molar-refractivity contribution in [3.8, 4) is 0 Å². The van der Waals surface area contributed by atoms with E-state index < -0.39 is 0 Å². The second-order valence-corrected chi connectivity index (χ2v) is 10.2. The molecule has 1 aromatic carbocycles. The zero-order chi connectivity index (χ0) is 19.1. The number of piperidine rings is 1. The van der Waals surface area contributed by atoms with Crippen molar-refractivity contribution in [1.82, 2.24) is 4.90 Å². The van der Waals surface area contributed by atoms with E-state index in [1.54, 1.807) is 0 Å². The number of fused-ring (bicyclic) bond motifs is 1. The Morgan fingerprint density at radius 2 is 1.61 bits per heavy atom. The van der Waals surface area contributed by atoms with E-state index in [2.05, 4.69) is 40.1 Å². The first-order valence-electron chi connectivity index (χ1n) is 11.5. The molecule has 154 valence electrons. The summed E-state index contributed by atoms with van der Waals surface area (Å²) in [6.07, 6.45) is 12.3. The van der Waals surface area contributed by atoms with Gasteiger partial charge in [0, 0.05) is 38.3 Å². The van der Waals surface area contributed by atoms with Crippen LogP contribution in [0.2, 0.25) is 0 Å². The van der Waals surface area contributed by atoms with Gasteiger partial charge in [0.05, 0.1) is 11.6 Å². The third kappa shape index (κ3) is 3.18. The number of likely N-dealkylation sites (tertiary alicyclic amines) is 1. The molecule has 4 fully saturated rings. The Bertz CT molecular complexity index is 646. The molecule has 4 unspecified atom stereocenters. The van der Waals surface area contributed by atoms with Gasteiger partial charge in [0.25, 0.3) is 0 Å². The number of ether oxygens (including phenoxy) is 1. The van der Waals surface area contributed by atoms with Crippen molar-refractivity contribution in [2.45, 2.75) is 81.0 Å². The van der Waals surface area contributed by atoms with Crippen LogP contribution in [-0.2, 0) is 4.74 Å². The van der Waals surface area contributed by atoms with Crippen molar-refractivity contribution in [1.29, 1.82) is 0 Å². The first kappa shape index (κ1) is 19.2. The maximum absolute atomic E-state index is 6.89. The number of methoxy groups -OCH3 is 1. The van der Waals surface area contributed by atoms with E-state index in [4.69, 9.17) is 16.3 Å². The third-order valence-corrected chi connectivity index (χ3v) is 8.86. The summed E-state index contributed by atoms with van der Waals surface area (Å²) in [5.41, 5.74) is 1.32. The van der Waals surface area contributed by atoms with Gasteiger partial charge in [-0.15, -0.1) is 0 Å². The summed E-state index contributed by atoms with van der Waals surface area (Å²) in [6, 6.07) is 11.6. The zero-order valence-corrected chi connectivity index (χ0v) is 18.0. The number of halogens is 1. The zero-order valence-electron chi connectivity index (χ0n) is 17.2. The highest BCUT2D eigenvalue weighted by atomic mass is 35.5. The van der Waals surface area contributed by atoms with Crippen molar-refractivity contribution >= 4 is 17.3 Å². The number of hydrogen-bond donors (Lipinski definition) is 0. The average Bonchev–Trinajstić information content (AvgIpc) is 3.28. The number of anilines is 1. The summed E-state index contributed by atoms with van der Waals surface area (Å²) in [4.78, 5) is 5.31. The molecule has 1 aromatic rings. The number of para-hydroxylation sites is 1. The summed E-state index contributed by atoms with van der Waals surface area (Å²) in [7, 11) is 1.87. The summed E-state index contributed by atoms with van der Waals surface area (Å²) in [5.74, 6) is 2.03. The van der Waals surface area contributed by atoms with Gasteiger partial charge in [0.2, 0.25) is 0 Å². The fourth-order valence-electron chi connectivity index (χ4n) is 7.10. The molecule has 2 saturated carbocycles. The SMILES string of the molecule is COC1CC(Cl)N(c2ccccc2)C12CCN(C1CC3CCCCC3C1)CC2. The third-order valence-electron chi connectivity index (χ3n) is 8.48. The van der Waals surface area contributed by atoms with Crippen LogP contribution in [0, 0.1) is 11.8 Å². The Hall–Kier alpha value is -0.770. The van der Waals surface area contributed by atoms with E-state index in [0.717, 1.165) is 37.1 Å². The Kier molecular flexibility index (Phi) is 5.36. The quantitative estimate of drug-likeness (QED) is 0.505. The lowest BCUT2D eigenvalue weighted by molar-refractivity contribution is 0.0121. The second-order valence-electron chi connectivity index (χ2n) is 9.67. The molecule has 4 atom stereocenters. The van der Waals surface area contributed by atoms with Crippen LogP contribution in [0.25, 0.3) is 0 Å². The summed E-state index contributed by atoms with van der Waals surface area (Å²) in [5, 5.41) is 0. The van der Waals surface area contributed by atoms with Crippen LogP contribution in [-0.4, -0.2) is 48.3 Å². The maximum atomic E-state index is 6.89. The predicted octanol–water partition coefficient (Wildman–Crippen LogP) is 5.28. The highest BCUT2D eigenvalue weighted by molar-refractivity contribution is 6.22. The summed E-state index contributed by atoms with van der Waals surface area (Å²) in [6.45, 7) is 2.38. The van der Waals surface area contributed by atoms with Crippen molar-refractivity contribution in [2.24, 2.45) is 11.8 Å². The van der Waals surface area contributed by atoms with Gasteiger partial charge in [-0.05, 0) is 49.7 Å². The number of rotatable bonds is 3. The molecule has 4 heteroatoms. The minimum absolute atomic E-state index is 0.0215. The highest BCUT2D eigenvalue weighted by Gasteiger charge is 2.55. The normalized spacial score (nSPS) is 38.1. The molecule has 28 heavy (non-hydrogen) atoms. The number of benzene rings is 1. The molecule has 0 bridgehead atoms. The topological polar surface area (TPSA) is 15.7 Å². The number of nitrogens with zero attached hydrogens (tertiary/aromatic N) is 2. The first-order chi connectivity index (χ1) is 13.7. The lowest BCUT2D eigenvalue weighted by atomic mass is 9.81. The lowest BCUT2D eigenvalue weighted by Crippen LogP contribution is -2.59. The van der Waals surface area contributed by atoms with Gasteiger partial charge >= 0.3 is 0 Å². The number of alkyl halides is 1. The van der Waals surface area contributed by atoms with Crippen LogP contribution >= 0.6 is 11.6 Å². The van der Waals surface area contributed by atoms with Gasteiger partial charge in [0.15, 0.2) is 0 Å². The molecule has 1 spiro atoms. The monoisotopic (exact) mass is 402 g/mol. The van der Waals surface area contributed by atoms with E-state index >= 15 is 0 Å². The Morgan fingerprint density at radius 1 is 0.964 bits per heavy atom. The Balaban J connectivity index is 1.32. The van der Waals surface area contributed by atoms with Crippen LogP contribution in [0.5, 0.6) is 0 Å². The van der Waals surface area contributed by atoms with E-state index in [1.165, 1.54) is 57.3 Å². The van der Waals surface area contributed by atoms with Crippen molar-refractivity contribution in [3.05, 3.63) is 30.3 Å². The van der Waals surface area contributed by atoms with Gasteiger partial charge in [-0.2, -0.15) is 0 Å². The van der Waals surface area contributed by atoms with Crippen molar-refractivity contribution < 1.29 is 4.74 Å². The van der Waals surface area contributed by atoms with Gasteiger partial charge in [-0.3, -0.25) is 0 Å². The van der Waals surface area contributed by atoms with Gasteiger partial charge in [0.1, 0.15) is 5.50 Å². The van der Waals surface area contributed by atoms with E-state index in [-0.39, 0.29) is 17.1 Å². The molecule has 4 aliphatic rings. The number of hydrogen-bond acceptors (Lipinski definition) is 3. The molecule has 0 N–H and O–H groups in total. The smallest absolute Gasteiger partial charge is 0.107 e. The molecule has 5 rings (SSSR count). The largest absolute Gasteiger partial charge is 0.379 e. The van der Waals surface area contributed by atoms with Crippen LogP contribution < -0.4 is 4.90 Å². The lowest BCUT2D eigenvalue weighted by Gasteiger charge is -2.50. The molecule has 3 nitrogen and oxygen atoms in total. The van der Waals surface area contributed by atoms with Crippen LogP contribution in [0.1, 0.15) is 57.8 Å². The van der Waals surface area contributed by atoms with Crippen molar-refractivity contribution in [2.75, 3.05) is 25.1 Å². The highest BCUT2D eigenvalue weighted by Crippen LogP contribution is 2.49. The molecular weight excluding hydrogens is 368 g/mol. The Morgan fingerprint density at radius 3 is 2.21 bits per heavy atom. The van der Waals surface area contributed by atoms with E-state index in [9.17, 15) is 0 Å². The minimum Gasteiger partial charge on any atom is -0.379 e. The van der Waals surface area contributed by atoms with Crippen molar-refractivity contribution in [3.63, 3.8) is 0 Å². The fourth-order valence-corrected chi connectivity index (χ4v) is 7.57. The second kappa shape index (κ2) is 7.81. The first-order valence-corrected chi connectivity index (χ1v) is 11.9. The fraction of sp³-hybridized carbons (Fsp3) is 0.750. The predicted molar refractivity (Wildman–Crippen MR) is 116 cm³/mol. The Labute approximate surface area is 175 Å². The standard InChI is InChI=1S/C24H35ClN2O/c1-28-22-17-23(25)27(20-9-3-2-4-10-20)24(22)11-13-26(14-12-24)21-15-18-7-5-6-8-19(18)16-21/h2-4,9-10,18-19,21-23H,5-8,11-17H2,1H3. The maximum Gasteiger partial charge on any atom is 0.107 e. The van der Waals surface area contributed by atoms with Gasteiger partial charge < -0.3 is 14.5 Å². The van der Waals surface area contributed by atoms with E-state index in [1.807, 2.05) is 7.11 Å². The van der Waals surface area contributed by atoms with Crippen LogP contribution in [0.3, 0.4) is 0 Å². The molecular formula is C24H35ClN2O. The minimum atomic E-state index is 0.0215. The molecule has 2 aliphatic heterocycles. The molecule has 0 radical (unpaired) electrons. The molecule has 2 heterocycles. The molecule has 0 amide bonds. The van der Waals surface area contributed by atoms with Gasteiger partial charge in [-0.25, -0.2) is 0 Å². The van der Waals surface area contributed by atoms with Crippen LogP contribution in [0.4, 0.5) is 5.69 Å². The van der Waals surface area contributed by atoms with Crippen LogP contribution in [0.15, 0.2) is 30.3 Å². The summed E-state index contributed by atoms with van der Waals surface area (Å²) < 4.78 is 6.02. The van der Waals surface area contributed by atoms with E-state index in [0.29, 0.717) is 0 Å². The van der Waals surface area contributed by atoms with Gasteiger partial charge in [-0.1, -0.05) is 55.5 Å². The summed E-state index contributed by atoms with van der Waals surface area (Å²) >= 11 is 6.89. The molecule has 2 aliphatic carbocycles. The molecule has 0 aromatic heterocycles. The average molecular weight is 403 g/mol. The molecule has 2 saturated heterocycles.